The highest BCUT2D eigenvalue weighted by Crippen LogP contribution is 2.24. The van der Waals surface area contributed by atoms with Crippen LogP contribution in [0.4, 0.5) is 18.9 Å². The summed E-state index contributed by atoms with van der Waals surface area (Å²) in [5.74, 6) is -0.382. The molecule has 0 saturated heterocycles. The van der Waals surface area contributed by atoms with E-state index in [9.17, 15) is 21.6 Å². The van der Waals surface area contributed by atoms with E-state index in [1.54, 1.807) is 20.8 Å². The molecule has 0 spiro atoms. The normalized spacial score (nSPS) is 13.0. The second kappa shape index (κ2) is 6.13. The highest BCUT2D eigenvalue weighted by molar-refractivity contribution is 7.92. The lowest BCUT2D eigenvalue weighted by Crippen LogP contribution is -2.32. The summed E-state index contributed by atoms with van der Waals surface area (Å²) in [6, 6.07) is 5.11. The lowest BCUT2D eigenvalue weighted by Gasteiger charge is -2.19. The van der Waals surface area contributed by atoms with E-state index in [4.69, 9.17) is 0 Å². The molecule has 0 aliphatic heterocycles. The fourth-order valence-corrected chi connectivity index (χ4v) is 2.39. The van der Waals surface area contributed by atoms with E-state index in [-0.39, 0.29) is 18.0 Å². The number of anilines is 1. The number of hydrogen-bond donors (Lipinski definition) is 1. The highest BCUT2D eigenvalue weighted by Gasteiger charge is 2.31. The molecule has 1 aromatic carbocycles. The lowest BCUT2D eigenvalue weighted by molar-refractivity contribution is -0.274. The van der Waals surface area contributed by atoms with Crippen molar-refractivity contribution in [3.05, 3.63) is 24.3 Å². The SMILES string of the molecule is CC(C)(C)S(=O)(=O)CCNc1ccc(OC(F)(F)F)cc1. The molecule has 0 unspecified atom stereocenters. The molecule has 0 amide bonds. The first kappa shape index (κ1) is 17.6. The van der Waals surface area contributed by atoms with E-state index >= 15 is 0 Å². The third kappa shape index (κ3) is 5.82. The molecule has 8 heteroatoms. The van der Waals surface area contributed by atoms with Gasteiger partial charge in [-0.3, -0.25) is 0 Å². The number of sulfone groups is 1. The van der Waals surface area contributed by atoms with Crippen LogP contribution in [0.5, 0.6) is 5.75 Å². The summed E-state index contributed by atoms with van der Waals surface area (Å²) in [5, 5.41) is 2.85. The molecule has 0 heterocycles. The van der Waals surface area contributed by atoms with Crippen LogP contribution >= 0.6 is 0 Å². The van der Waals surface area contributed by atoms with E-state index in [1.165, 1.54) is 12.1 Å². The van der Waals surface area contributed by atoms with Gasteiger partial charge >= 0.3 is 6.36 Å². The Balaban J connectivity index is 2.55. The summed E-state index contributed by atoms with van der Waals surface area (Å²) in [6.07, 6.45) is -4.73. The Bertz CT molecular complexity index is 560. The minimum absolute atomic E-state index is 0.0582. The van der Waals surface area contributed by atoms with Gasteiger partial charge in [0.1, 0.15) is 5.75 Å². The number of rotatable bonds is 5. The van der Waals surface area contributed by atoms with Crippen molar-refractivity contribution in [1.29, 1.82) is 0 Å². The van der Waals surface area contributed by atoms with Crippen molar-refractivity contribution in [2.75, 3.05) is 17.6 Å². The second-order valence-corrected chi connectivity index (χ2v) is 8.29. The molecule has 0 aromatic heterocycles. The summed E-state index contributed by atoms with van der Waals surface area (Å²) in [7, 11) is -3.24. The lowest BCUT2D eigenvalue weighted by atomic mass is 10.3. The third-order valence-corrected chi connectivity index (χ3v) is 5.33. The van der Waals surface area contributed by atoms with Gasteiger partial charge in [0, 0.05) is 12.2 Å². The predicted octanol–water partition coefficient (Wildman–Crippen LogP) is 3.21. The predicted molar refractivity (Wildman–Crippen MR) is 75.2 cm³/mol. The van der Waals surface area contributed by atoms with Crippen LogP contribution in [0, 0.1) is 0 Å². The quantitative estimate of drug-likeness (QED) is 0.903. The van der Waals surface area contributed by atoms with Crippen LogP contribution in [0.2, 0.25) is 0 Å². The molecule has 1 aromatic rings. The minimum atomic E-state index is -4.73. The molecule has 21 heavy (non-hydrogen) atoms. The molecule has 0 atom stereocenters. The number of nitrogens with one attached hydrogen (secondary N) is 1. The number of benzene rings is 1. The van der Waals surface area contributed by atoms with Crippen LogP contribution in [-0.2, 0) is 9.84 Å². The van der Waals surface area contributed by atoms with Gasteiger partial charge in [-0.1, -0.05) is 0 Å². The molecular formula is C13H18F3NO3S. The van der Waals surface area contributed by atoms with Crippen molar-refractivity contribution in [1.82, 2.24) is 0 Å². The minimum Gasteiger partial charge on any atom is -0.406 e. The fourth-order valence-electron chi connectivity index (χ4n) is 1.41. The van der Waals surface area contributed by atoms with Crippen molar-refractivity contribution >= 4 is 15.5 Å². The standard InChI is InChI=1S/C13H18F3NO3S/c1-12(2,3)21(18,19)9-8-17-10-4-6-11(7-5-10)20-13(14,15)16/h4-7,17H,8-9H2,1-3H3. The smallest absolute Gasteiger partial charge is 0.406 e. The first-order valence-corrected chi connectivity index (χ1v) is 7.88. The Hall–Kier alpha value is -1.44. The van der Waals surface area contributed by atoms with Crippen molar-refractivity contribution < 1.29 is 26.3 Å². The summed E-state index contributed by atoms with van der Waals surface area (Å²) >= 11 is 0. The summed E-state index contributed by atoms with van der Waals surface area (Å²) < 4.78 is 62.6. The average molecular weight is 325 g/mol. The second-order valence-electron chi connectivity index (χ2n) is 5.43. The van der Waals surface area contributed by atoms with Crippen LogP contribution < -0.4 is 10.1 Å². The summed E-state index contributed by atoms with van der Waals surface area (Å²) in [6.45, 7) is 5.03. The molecule has 0 radical (unpaired) electrons. The maximum Gasteiger partial charge on any atom is 0.573 e. The molecule has 1 N–H and O–H groups in total. The topological polar surface area (TPSA) is 55.4 Å². The maximum atomic E-state index is 12.0. The zero-order valence-electron chi connectivity index (χ0n) is 12.0. The number of alkyl halides is 3. The highest BCUT2D eigenvalue weighted by atomic mass is 32.2. The molecule has 0 aliphatic rings. The molecule has 0 saturated carbocycles. The van der Waals surface area contributed by atoms with Crippen molar-refractivity contribution in [2.45, 2.75) is 31.9 Å². The van der Waals surface area contributed by atoms with E-state index in [2.05, 4.69) is 10.1 Å². The molecule has 120 valence electrons. The Morgan fingerprint density at radius 2 is 1.62 bits per heavy atom. The van der Waals surface area contributed by atoms with Crippen molar-refractivity contribution in [3.8, 4) is 5.75 Å². The first-order valence-electron chi connectivity index (χ1n) is 6.23. The zero-order valence-corrected chi connectivity index (χ0v) is 12.8. The Kier molecular flexibility index (Phi) is 5.14. The van der Waals surface area contributed by atoms with Gasteiger partial charge in [0.05, 0.1) is 10.5 Å². The van der Waals surface area contributed by atoms with Crippen LogP contribution in [0.25, 0.3) is 0 Å². The molecule has 4 nitrogen and oxygen atoms in total. The Morgan fingerprint density at radius 1 is 1.10 bits per heavy atom. The monoisotopic (exact) mass is 325 g/mol. The molecule has 0 bridgehead atoms. The van der Waals surface area contributed by atoms with Crippen molar-refractivity contribution in [2.24, 2.45) is 0 Å². The Labute approximate surface area is 122 Å². The van der Waals surface area contributed by atoms with Gasteiger partial charge in [-0.05, 0) is 45.0 Å². The van der Waals surface area contributed by atoms with E-state index in [0.29, 0.717) is 5.69 Å². The van der Waals surface area contributed by atoms with Gasteiger partial charge in [0.2, 0.25) is 0 Å². The van der Waals surface area contributed by atoms with Crippen molar-refractivity contribution in [3.63, 3.8) is 0 Å². The molecular weight excluding hydrogens is 307 g/mol. The van der Waals surface area contributed by atoms with Crippen LogP contribution in [0.15, 0.2) is 24.3 Å². The number of hydrogen-bond acceptors (Lipinski definition) is 4. The van der Waals surface area contributed by atoms with Crippen LogP contribution in [0.3, 0.4) is 0 Å². The van der Waals surface area contributed by atoms with Gasteiger partial charge < -0.3 is 10.1 Å². The summed E-state index contributed by atoms with van der Waals surface area (Å²) in [4.78, 5) is 0. The Morgan fingerprint density at radius 3 is 2.05 bits per heavy atom. The zero-order chi connectivity index (χ0) is 16.3. The van der Waals surface area contributed by atoms with Gasteiger partial charge in [-0.2, -0.15) is 0 Å². The van der Waals surface area contributed by atoms with Gasteiger partial charge in [0.15, 0.2) is 9.84 Å². The largest absolute Gasteiger partial charge is 0.573 e. The molecule has 0 aliphatic carbocycles. The maximum absolute atomic E-state index is 12.0. The van der Waals surface area contributed by atoms with Crippen LogP contribution in [-0.4, -0.2) is 31.8 Å². The average Bonchev–Trinajstić information content (AvgIpc) is 2.27. The van der Waals surface area contributed by atoms with Gasteiger partial charge in [0.25, 0.3) is 0 Å². The fraction of sp³-hybridized carbons (Fsp3) is 0.538. The number of halogens is 3. The van der Waals surface area contributed by atoms with Gasteiger partial charge in [-0.25, -0.2) is 8.42 Å². The summed E-state index contributed by atoms with van der Waals surface area (Å²) in [5.41, 5.74) is 0.522. The first-order chi connectivity index (χ1) is 9.41. The van der Waals surface area contributed by atoms with E-state index in [1.807, 2.05) is 0 Å². The van der Waals surface area contributed by atoms with E-state index < -0.39 is 20.9 Å². The number of ether oxygens (including phenoxy) is 1. The third-order valence-electron chi connectivity index (χ3n) is 2.72. The molecule has 0 fully saturated rings. The van der Waals surface area contributed by atoms with Gasteiger partial charge in [-0.15, -0.1) is 13.2 Å². The molecule has 1 rings (SSSR count). The van der Waals surface area contributed by atoms with Crippen LogP contribution in [0.1, 0.15) is 20.8 Å². The van der Waals surface area contributed by atoms with E-state index in [0.717, 1.165) is 12.1 Å².